The molecule has 0 aromatic rings. The molecule has 0 aromatic carbocycles. The standard InChI is InChI=1S/C9H19NO/c1-3-9(8(2)11)6-4-5-7-10/h9H,3-7,10H2,1-2H3/t9-/m1/s1. The minimum Gasteiger partial charge on any atom is -0.330 e. The molecule has 0 aromatic heterocycles. The lowest BCUT2D eigenvalue weighted by Crippen LogP contribution is -2.10. The molecule has 0 rings (SSSR count). The van der Waals surface area contributed by atoms with Crippen LogP contribution in [0.1, 0.15) is 39.5 Å². The highest BCUT2D eigenvalue weighted by Crippen LogP contribution is 2.12. The molecule has 0 aliphatic carbocycles. The van der Waals surface area contributed by atoms with Gasteiger partial charge in [0.1, 0.15) is 5.78 Å². The molecule has 0 unspecified atom stereocenters. The van der Waals surface area contributed by atoms with Crippen molar-refractivity contribution in [2.45, 2.75) is 39.5 Å². The first-order valence-electron chi connectivity index (χ1n) is 4.42. The van der Waals surface area contributed by atoms with E-state index < -0.39 is 0 Å². The molecule has 1 atom stereocenters. The van der Waals surface area contributed by atoms with Crippen LogP contribution in [0.2, 0.25) is 0 Å². The quantitative estimate of drug-likeness (QED) is 0.597. The number of unbranched alkanes of at least 4 members (excludes halogenated alkanes) is 1. The van der Waals surface area contributed by atoms with Gasteiger partial charge < -0.3 is 5.73 Å². The number of hydrogen-bond acceptors (Lipinski definition) is 2. The van der Waals surface area contributed by atoms with Gasteiger partial charge in [-0.25, -0.2) is 0 Å². The predicted octanol–water partition coefficient (Wildman–Crippen LogP) is 1.73. The van der Waals surface area contributed by atoms with Gasteiger partial charge in [0.05, 0.1) is 0 Å². The number of ketones is 1. The largest absolute Gasteiger partial charge is 0.330 e. The molecule has 0 saturated carbocycles. The lowest BCUT2D eigenvalue weighted by atomic mass is 9.96. The zero-order valence-electron chi connectivity index (χ0n) is 7.60. The van der Waals surface area contributed by atoms with Crippen LogP contribution in [0.4, 0.5) is 0 Å². The Bertz CT molecular complexity index is 112. The minimum absolute atomic E-state index is 0.279. The van der Waals surface area contributed by atoms with Crippen LogP contribution in [0.15, 0.2) is 0 Å². The van der Waals surface area contributed by atoms with Crippen LogP contribution in [-0.4, -0.2) is 12.3 Å². The third-order valence-electron chi connectivity index (χ3n) is 2.07. The van der Waals surface area contributed by atoms with Crippen LogP contribution in [0.25, 0.3) is 0 Å². The molecule has 0 fully saturated rings. The summed E-state index contributed by atoms with van der Waals surface area (Å²) in [7, 11) is 0. The van der Waals surface area contributed by atoms with E-state index in [2.05, 4.69) is 6.92 Å². The number of carbonyl (C=O) groups is 1. The molecule has 66 valence electrons. The first-order valence-corrected chi connectivity index (χ1v) is 4.42. The molecule has 0 aliphatic rings. The number of carbonyl (C=O) groups excluding carboxylic acids is 1. The van der Waals surface area contributed by atoms with Crippen LogP contribution in [0.3, 0.4) is 0 Å². The molecule has 0 amide bonds. The van der Waals surface area contributed by atoms with Crippen molar-refractivity contribution in [3.05, 3.63) is 0 Å². The van der Waals surface area contributed by atoms with Gasteiger partial charge in [0.25, 0.3) is 0 Å². The Kier molecular flexibility index (Phi) is 6.13. The summed E-state index contributed by atoms with van der Waals surface area (Å²) < 4.78 is 0. The van der Waals surface area contributed by atoms with E-state index >= 15 is 0 Å². The molecule has 2 nitrogen and oxygen atoms in total. The predicted molar refractivity (Wildman–Crippen MR) is 47.4 cm³/mol. The van der Waals surface area contributed by atoms with E-state index in [0.29, 0.717) is 5.78 Å². The maximum absolute atomic E-state index is 10.9. The molecule has 0 aliphatic heterocycles. The Hall–Kier alpha value is -0.370. The Balaban J connectivity index is 3.44. The van der Waals surface area contributed by atoms with Crippen molar-refractivity contribution in [2.24, 2.45) is 11.7 Å². The zero-order valence-corrected chi connectivity index (χ0v) is 7.60. The summed E-state index contributed by atoms with van der Waals surface area (Å²) in [6.07, 6.45) is 4.13. The van der Waals surface area contributed by atoms with Gasteiger partial charge in [0.15, 0.2) is 0 Å². The normalized spacial score (nSPS) is 13.0. The highest BCUT2D eigenvalue weighted by molar-refractivity contribution is 5.78. The van der Waals surface area contributed by atoms with Crippen LogP contribution in [0.5, 0.6) is 0 Å². The molecule has 0 bridgehead atoms. The van der Waals surface area contributed by atoms with Crippen molar-refractivity contribution in [2.75, 3.05) is 6.54 Å². The van der Waals surface area contributed by atoms with Gasteiger partial charge in [-0.1, -0.05) is 13.3 Å². The summed E-state index contributed by atoms with van der Waals surface area (Å²) in [5, 5.41) is 0. The highest BCUT2D eigenvalue weighted by Gasteiger charge is 2.09. The summed E-state index contributed by atoms with van der Waals surface area (Å²) in [5.74, 6) is 0.603. The lowest BCUT2D eigenvalue weighted by molar-refractivity contribution is -0.121. The molecule has 0 radical (unpaired) electrons. The SMILES string of the molecule is CC[C@H](CCCCN)C(C)=O. The average Bonchev–Trinajstić information content (AvgIpc) is 1.97. The van der Waals surface area contributed by atoms with E-state index in [0.717, 1.165) is 32.2 Å². The third-order valence-corrected chi connectivity index (χ3v) is 2.07. The number of Topliss-reactive ketones (excluding diaryl/α,β-unsaturated/α-hetero) is 1. The van der Waals surface area contributed by atoms with E-state index in [1.54, 1.807) is 6.92 Å². The number of nitrogens with two attached hydrogens (primary N) is 1. The second-order valence-corrected chi connectivity index (χ2v) is 3.00. The molecular weight excluding hydrogens is 138 g/mol. The number of hydrogen-bond donors (Lipinski definition) is 1. The zero-order chi connectivity index (χ0) is 8.69. The van der Waals surface area contributed by atoms with Crippen molar-refractivity contribution in [1.82, 2.24) is 0 Å². The van der Waals surface area contributed by atoms with Gasteiger partial charge in [-0.15, -0.1) is 0 Å². The van der Waals surface area contributed by atoms with Crippen molar-refractivity contribution in [3.63, 3.8) is 0 Å². The lowest BCUT2D eigenvalue weighted by Gasteiger charge is -2.09. The molecule has 11 heavy (non-hydrogen) atoms. The summed E-state index contributed by atoms with van der Waals surface area (Å²) in [5.41, 5.74) is 5.35. The Morgan fingerprint density at radius 1 is 1.45 bits per heavy atom. The minimum atomic E-state index is 0.279. The van der Waals surface area contributed by atoms with Crippen molar-refractivity contribution in [3.8, 4) is 0 Å². The van der Waals surface area contributed by atoms with Crippen molar-refractivity contribution >= 4 is 5.78 Å². The summed E-state index contributed by atoms with van der Waals surface area (Å²) in [4.78, 5) is 10.9. The third kappa shape index (κ3) is 4.96. The first-order chi connectivity index (χ1) is 5.22. The van der Waals surface area contributed by atoms with E-state index in [-0.39, 0.29) is 5.92 Å². The van der Waals surface area contributed by atoms with Gasteiger partial charge in [-0.3, -0.25) is 4.79 Å². The topological polar surface area (TPSA) is 43.1 Å². The van der Waals surface area contributed by atoms with Crippen molar-refractivity contribution in [1.29, 1.82) is 0 Å². The van der Waals surface area contributed by atoms with Gasteiger partial charge in [-0.05, 0) is 32.7 Å². The van der Waals surface area contributed by atoms with Gasteiger partial charge >= 0.3 is 0 Å². The van der Waals surface area contributed by atoms with Crippen LogP contribution in [-0.2, 0) is 4.79 Å². The average molecular weight is 157 g/mol. The summed E-state index contributed by atoms with van der Waals surface area (Å²) in [6, 6.07) is 0. The Morgan fingerprint density at radius 3 is 2.45 bits per heavy atom. The fourth-order valence-electron chi connectivity index (χ4n) is 1.23. The van der Waals surface area contributed by atoms with Gasteiger partial charge in [0, 0.05) is 5.92 Å². The van der Waals surface area contributed by atoms with Crippen LogP contribution in [0, 0.1) is 5.92 Å². The second-order valence-electron chi connectivity index (χ2n) is 3.00. The maximum Gasteiger partial charge on any atom is 0.132 e. The molecule has 0 spiro atoms. The molecule has 0 heterocycles. The summed E-state index contributed by atoms with van der Waals surface area (Å²) in [6.45, 7) is 4.49. The molecule has 2 N–H and O–H groups in total. The Labute approximate surface area is 69.2 Å². The molecule has 0 saturated heterocycles. The van der Waals surface area contributed by atoms with E-state index in [9.17, 15) is 4.79 Å². The fraction of sp³-hybridized carbons (Fsp3) is 0.889. The number of rotatable bonds is 6. The molecule has 2 heteroatoms. The molecular formula is C9H19NO. The maximum atomic E-state index is 10.9. The Morgan fingerprint density at radius 2 is 2.09 bits per heavy atom. The summed E-state index contributed by atoms with van der Waals surface area (Å²) >= 11 is 0. The van der Waals surface area contributed by atoms with E-state index in [1.165, 1.54) is 0 Å². The van der Waals surface area contributed by atoms with Crippen LogP contribution < -0.4 is 5.73 Å². The van der Waals surface area contributed by atoms with E-state index in [4.69, 9.17) is 5.73 Å². The second kappa shape index (κ2) is 6.35. The first kappa shape index (κ1) is 10.6. The van der Waals surface area contributed by atoms with Crippen LogP contribution >= 0.6 is 0 Å². The smallest absolute Gasteiger partial charge is 0.132 e. The highest BCUT2D eigenvalue weighted by atomic mass is 16.1. The van der Waals surface area contributed by atoms with Gasteiger partial charge in [-0.2, -0.15) is 0 Å². The van der Waals surface area contributed by atoms with Crippen molar-refractivity contribution < 1.29 is 4.79 Å². The van der Waals surface area contributed by atoms with E-state index in [1.807, 2.05) is 0 Å². The monoisotopic (exact) mass is 157 g/mol. The van der Waals surface area contributed by atoms with Gasteiger partial charge in [0.2, 0.25) is 0 Å². The fourth-order valence-corrected chi connectivity index (χ4v) is 1.23.